The standard InChI is InChI=1S/C30H25N5O6S2/c1-41-23-15-13-22(14-16-23)35-28(37)25-9-5-6-10-26(25)33-30(35)42-19-27(36)31-21-11-17-24(18-12-21)43(39,40)34-29(38)32-20-7-3-2-4-8-20/h2-18H,19H2,1H3,(H,31,36)(H2,32,34,38). The minimum absolute atomic E-state index is 0.0812. The van der Waals surface area contributed by atoms with E-state index in [1.54, 1.807) is 86.0 Å². The summed E-state index contributed by atoms with van der Waals surface area (Å²) in [5.74, 6) is 0.149. The highest BCUT2D eigenvalue weighted by Crippen LogP contribution is 2.23. The maximum absolute atomic E-state index is 13.4. The number of hydrogen-bond donors (Lipinski definition) is 3. The molecule has 3 N–H and O–H groups in total. The molecule has 0 aliphatic carbocycles. The van der Waals surface area contributed by atoms with Gasteiger partial charge in [0.15, 0.2) is 5.16 Å². The molecule has 4 aromatic carbocycles. The van der Waals surface area contributed by atoms with Crippen molar-refractivity contribution in [1.29, 1.82) is 0 Å². The van der Waals surface area contributed by atoms with Gasteiger partial charge < -0.3 is 15.4 Å². The molecule has 0 aliphatic rings. The van der Waals surface area contributed by atoms with E-state index in [1.165, 1.54) is 28.8 Å². The Kier molecular flexibility index (Phi) is 8.74. The summed E-state index contributed by atoms with van der Waals surface area (Å²) in [5, 5.41) is 5.91. The second-order valence-corrected chi connectivity index (χ2v) is 11.7. The van der Waals surface area contributed by atoms with Crippen molar-refractivity contribution < 1.29 is 22.7 Å². The predicted molar refractivity (Wildman–Crippen MR) is 165 cm³/mol. The summed E-state index contributed by atoms with van der Waals surface area (Å²) in [6.07, 6.45) is 0. The zero-order chi connectivity index (χ0) is 30.4. The van der Waals surface area contributed by atoms with Gasteiger partial charge in [0.05, 0.1) is 34.3 Å². The SMILES string of the molecule is COc1ccc(-n2c(SCC(=O)Nc3ccc(S(=O)(=O)NC(=O)Nc4ccccc4)cc3)nc3ccccc3c2=O)cc1. The number of methoxy groups -OCH3 is 1. The summed E-state index contributed by atoms with van der Waals surface area (Å²) in [5.41, 5.74) is 1.57. The number of para-hydroxylation sites is 2. The predicted octanol–water partition coefficient (Wildman–Crippen LogP) is 4.64. The molecule has 5 rings (SSSR count). The third kappa shape index (κ3) is 7.02. The van der Waals surface area contributed by atoms with Crippen molar-refractivity contribution in [3.8, 4) is 11.4 Å². The van der Waals surface area contributed by atoms with Crippen molar-refractivity contribution in [3.63, 3.8) is 0 Å². The summed E-state index contributed by atoms with van der Waals surface area (Å²) >= 11 is 1.08. The Balaban J connectivity index is 1.27. The van der Waals surface area contributed by atoms with Crippen LogP contribution in [0.1, 0.15) is 0 Å². The second kappa shape index (κ2) is 12.8. The molecule has 218 valence electrons. The Labute approximate surface area is 251 Å². The number of rotatable bonds is 9. The van der Waals surface area contributed by atoms with E-state index in [4.69, 9.17) is 4.74 Å². The van der Waals surface area contributed by atoms with Crippen molar-refractivity contribution in [2.45, 2.75) is 10.1 Å². The van der Waals surface area contributed by atoms with E-state index in [0.29, 0.717) is 38.9 Å². The molecule has 1 heterocycles. The number of carbonyl (C=O) groups excluding carboxylic acids is 2. The van der Waals surface area contributed by atoms with Crippen molar-refractivity contribution >= 4 is 56.0 Å². The highest BCUT2D eigenvalue weighted by molar-refractivity contribution is 7.99. The number of anilines is 2. The van der Waals surface area contributed by atoms with Gasteiger partial charge in [-0.2, -0.15) is 0 Å². The number of fused-ring (bicyclic) bond motifs is 1. The monoisotopic (exact) mass is 615 g/mol. The van der Waals surface area contributed by atoms with E-state index in [9.17, 15) is 22.8 Å². The van der Waals surface area contributed by atoms with Crippen LogP contribution in [-0.2, 0) is 14.8 Å². The fourth-order valence-corrected chi connectivity index (χ4v) is 5.79. The van der Waals surface area contributed by atoms with Gasteiger partial charge in [-0.05, 0) is 72.8 Å². The molecular weight excluding hydrogens is 590 g/mol. The summed E-state index contributed by atoms with van der Waals surface area (Å²) < 4.78 is 33.9. The molecule has 0 saturated heterocycles. The molecule has 11 nitrogen and oxygen atoms in total. The lowest BCUT2D eigenvalue weighted by atomic mass is 10.2. The van der Waals surface area contributed by atoms with Crippen LogP contribution in [0.5, 0.6) is 5.75 Å². The lowest BCUT2D eigenvalue weighted by Gasteiger charge is -2.14. The second-order valence-electron chi connectivity index (χ2n) is 9.04. The van der Waals surface area contributed by atoms with Crippen LogP contribution in [0.2, 0.25) is 0 Å². The molecule has 0 bridgehead atoms. The van der Waals surface area contributed by atoms with Crippen molar-refractivity contribution in [3.05, 3.63) is 113 Å². The molecule has 3 amide bonds. The smallest absolute Gasteiger partial charge is 0.333 e. The molecule has 0 atom stereocenters. The van der Waals surface area contributed by atoms with Gasteiger partial charge in [0, 0.05) is 11.4 Å². The molecular formula is C30H25N5O6S2. The fourth-order valence-electron chi connectivity index (χ4n) is 4.07. The molecule has 5 aromatic rings. The number of hydrogen-bond acceptors (Lipinski definition) is 8. The van der Waals surface area contributed by atoms with Gasteiger partial charge in [0.2, 0.25) is 5.91 Å². The molecule has 0 saturated carbocycles. The van der Waals surface area contributed by atoms with Gasteiger partial charge in [-0.3, -0.25) is 14.2 Å². The third-order valence-electron chi connectivity index (χ3n) is 6.12. The molecule has 0 aliphatic heterocycles. The minimum atomic E-state index is -4.16. The first-order valence-electron chi connectivity index (χ1n) is 12.8. The number of amides is 3. The zero-order valence-corrected chi connectivity index (χ0v) is 24.3. The summed E-state index contributed by atoms with van der Waals surface area (Å²) in [6.45, 7) is 0. The van der Waals surface area contributed by atoms with E-state index in [0.717, 1.165) is 11.8 Å². The fraction of sp³-hybridized carbons (Fsp3) is 0.0667. The average Bonchev–Trinajstić information content (AvgIpc) is 3.01. The van der Waals surface area contributed by atoms with E-state index in [-0.39, 0.29) is 16.2 Å². The van der Waals surface area contributed by atoms with Gasteiger partial charge in [-0.1, -0.05) is 42.1 Å². The average molecular weight is 616 g/mol. The van der Waals surface area contributed by atoms with Crippen LogP contribution in [0.3, 0.4) is 0 Å². The Morgan fingerprint density at radius 2 is 1.49 bits per heavy atom. The first kappa shape index (κ1) is 29.4. The number of sulfonamides is 1. The minimum Gasteiger partial charge on any atom is -0.497 e. The molecule has 0 spiro atoms. The Hall–Kier alpha value is -5.14. The van der Waals surface area contributed by atoms with Gasteiger partial charge in [0.1, 0.15) is 5.75 Å². The molecule has 13 heteroatoms. The largest absolute Gasteiger partial charge is 0.497 e. The van der Waals surface area contributed by atoms with Crippen LogP contribution >= 0.6 is 11.8 Å². The van der Waals surface area contributed by atoms with Gasteiger partial charge in [-0.15, -0.1) is 0 Å². The van der Waals surface area contributed by atoms with Crippen LogP contribution in [0, 0.1) is 0 Å². The quantitative estimate of drug-likeness (QED) is 0.161. The van der Waals surface area contributed by atoms with Crippen LogP contribution in [-0.4, -0.2) is 42.8 Å². The van der Waals surface area contributed by atoms with Crippen LogP contribution in [0.4, 0.5) is 16.2 Å². The van der Waals surface area contributed by atoms with E-state index in [1.807, 2.05) is 4.72 Å². The van der Waals surface area contributed by atoms with Gasteiger partial charge in [0.25, 0.3) is 15.6 Å². The molecule has 0 radical (unpaired) electrons. The first-order chi connectivity index (χ1) is 20.7. The lowest BCUT2D eigenvalue weighted by molar-refractivity contribution is -0.113. The molecule has 0 unspecified atom stereocenters. The zero-order valence-electron chi connectivity index (χ0n) is 22.7. The van der Waals surface area contributed by atoms with Crippen LogP contribution < -0.4 is 25.7 Å². The Morgan fingerprint density at radius 3 is 2.19 bits per heavy atom. The number of urea groups is 1. The van der Waals surface area contributed by atoms with E-state index in [2.05, 4.69) is 15.6 Å². The van der Waals surface area contributed by atoms with Gasteiger partial charge in [-0.25, -0.2) is 22.9 Å². The van der Waals surface area contributed by atoms with Gasteiger partial charge >= 0.3 is 6.03 Å². The highest BCUT2D eigenvalue weighted by atomic mass is 32.2. The lowest BCUT2D eigenvalue weighted by Crippen LogP contribution is -2.34. The van der Waals surface area contributed by atoms with E-state index < -0.39 is 22.0 Å². The van der Waals surface area contributed by atoms with Crippen LogP contribution in [0.15, 0.2) is 118 Å². The topological polar surface area (TPSA) is 148 Å². The van der Waals surface area contributed by atoms with Crippen LogP contribution in [0.25, 0.3) is 16.6 Å². The number of nitrogens with zero attached hydrogens (tertiary/aromatic N) is 2. The molecule has 1 aromatic heterocycles. The molecule has 0 fully saturated rings. The highest BCUT2D eigenvalue weighted by Gasteiger charge is 2.19. The maximum Gasteiger partial charge on any atom is 0.333 e. The number of benzene rings is 4. The summed E-state index contributed by atoms with van der Waals surface area (Å²) in [4.78, 5) is 42.8. The van der Waals surface area contributed by atoms with Crippen molar-refractivity contribution in [2.24, 2.45) is 0 Å². The normalized spacial score (nSPS) is 11.1. The Morgan fingerprint density at radius 1 is 0.837 bits per heavy atom. The Bertz CT molecular complexity index is 1950. The number of nitrogens with one attached hydrogen (secondary N) is 3. The maximum atomic E-state index is 13.4. The first-order valence-corrected chi connectivity index (χ1v) is 15.3. The van der Waals surface area contributed by atoms with Crippen molar-refractivity contribution in [1.82, 2.24) is 14.3 Å². The van der Waals surface area contributed by atoms with Crippen molar-refractivity contribution in [2.75, 3.05) is 23.5 Å². The third-order valence-corrected chi connectivity index (χ3v) is 8.40. The number of thioether (sulfide) groups is 1. The number of carbonyl (C=O) groups is 2. The molecule has 43 heavy (non-hydrogen) atoms. The number of ether oxygens (including phenoxy) is 1. The number of aromatic nitrogens is 2. The summed E-state index contributed by atoms with van der Waals surface area (Å²) in [6, 6.07) is 26.8. The van der Waals surface area contributed by atoms with E-state index >= 15 is 0 Å². The summed E-state index contributed by atoms with van der Waals surface area (Å²) in [7, 11) is -2.61.